The maximum Gasteiger partial charge on any atom is 0.431 e. The Labute approximate surface area is 125 Å². The second-order valence-corrected chi connectivity index (χ2v) is 4.68. The lowest BCUT2D eigenvalue weighted by atomic mass is 9.93. The molecule has 1 unspecified atom stereocenters. The molecular weight excluding hydrogens is 337 g/mol. The Hall–Kier alpha value is -1.84. The van der Waals surface area contributed by atoms with Crippen LogP contribution in [0.3, 0.4) is 0 Å². The molecule has 0 amide bonds. The molecule has 1 aromatic carbocycles. The highest BCUT2D eigenvalue weighted by molar-refractivity contribution is 5.69. The van der Waals surface area contributed by atoms with Crippen molar-refractivity contribution in [1.82, 2.24) is 0 Å². The Morgan fingerprint density at radius 1 is 1.13 bits per heavy atom. The molecule has 130 valence electrons. The largest absolute Gasteiger partial charge is 0.431 e. The summed E-state index contributed by atoms with van der Waals surface area (Å²) in [6.45, 7) is 1.02. The number of carbonyl (C=O) groups excluding carboxylic acids is 1. The fourth-order valence-electron chi connectivity index (χ4n) is 1.73. The molecule has 10 heteroatoms. The molecule has 0 aliphatic carbocycles. The van der Waals surface area contributed by atoms with Crippen LogP contribution in [0.2, 0.25) is 0 Å². The van der Waals surface area contributed by atoms with Crippen LogP contribution in [0.1, 0.15) is 25.0 Å². The molecule has 1 aromatic rings. The quantitative estimate of drug-likeness (QED) is 0.511. The highest BCUT2D eigenvalue weighted by atomic mass is 19.4. The first kappa shape index (κ1) is 19.2. The molecular formula is C13H11F7O3. The average molecular weight is 348 g/mol. The Morgan fingerprint density at radius 2 is 1.65 bits per heavy atom. The number of alkyl halides is 7. The number of rotatable bonds is 4. The second-order valence-electron chi connectivity index (χ2n) is 4.68. The molecule has 0 fully saturated rings. The number of ether oxygens (including phenoxy) is 1. The number of hydrogen-bond donors (Lipinski definition) is 1. The van der Waals surface area contributed by atoms with E-state index in [0.717, 1.165) is 25.1 Å². The molecule has 0 heterocycles. The minimum absolute atomic E-state index is 0.211. The molecule has 0 aliphatic rings. The highest BCUT2D eigenvalue weighted by Gasteiger charge is 2.72. The fourth-order valence-corrected chi connectivity index (χ4v) is 1.73. The van der Waals surface area contributed by atoms with Gasteiger partial charge in [0.25, 0.3) is 0 Å². The van der Waals surface area contributed by atoms with E-state index in [0.29, 0.717) is 0 Å². The third kappa shape index (κ3) is 4.34. The van der Waals surface area contributed by atoms with E-state index >= 15 is 0 Å². The van der Waals surface area contributed by atoms with E-state index in [2.05, 4.69) is 4.74 Å². The van der Waals surface area contributed by atoms with Crippen molar-refractivity contribution >= 4 is 5.97 Å². The van der Waals surface area contributed by atoms with Gasteiger partial charge >= 0.3 is 24.0 Å². The molecule has 1 rings (SSSR count). The smallest absolute Gasteiger partial charge is 0.427 e. The molecule has 0 aliphatic heterocycles. The van der Waals surface area contributed by atoms with Gasteiger partial charge in [0.05, 0.1) is 6.10 Å². The third-order valence-electron chi connectivity index (χ3n) is 2.88. The Morgan fingerprint density at radius 3 is 2.09 bits per heavy atom. The van der Waals surface area contributed by atoms with Crippen LogP contribution in [0.4, 0.5) is 30.7 Å². The zero-order valence-corrected chi connectivity index (χ0v) is 11.5. The first-order chi connectivity index (χ1) is 10.3. The molecule has 0 saturated heterocycles. The maximum absolute atomic E-state index is 13.6. The lowest BCUT2D eigenvalue weighted by Crippen LogP contribution is -2.54. The van der Waals surface area contributed by atoms with E-state index in [4.69, 9.17) is 0 Å². The topological polar surface area (TPSA) is 46.5 Å². The van der Waals surface area contributed by atoms with Crippen LogP contribution in [-0.2, 0) is 4.79 Å². The highest BCUT2D eigenvalue weighted by Crippen LogP contribution is 2.50. The Bertz CT molecular complexity index is 551. The van der Waals surface area contributed by atoms with E-state index in [1.807, 2.05) is 0 Å². The summed E-state index contributed by atoms with van der Waals surface area (Å²) in [6.07, 6.45) is -17.2. The molecule has 0 saturated carbocycles. The standard InChI is InChI=1S/C13H11F7O3/c1-7(21)23-9-4-2-3-8(5-9)10(22)6-11(14,12(15,16)17)13(18,19)20/h2-5,10,22H,6H2,1H3. The van der Waals surface area contributed by atoms with Crippen molar-refractivity contribution < 1.29 is 45.4 Å². The van der Waals surface area contributed by atoms with Crippen LogP contribution < -0.4 is 4.74 Å². The minimum Gasteiger partial charge on any atom is -0.427 e. The van der Waals surface area contributed by atoms with Gasteiger partial charge < -0.3 is 9.84 Å². The molecule has 1 N–H and O–H groups in total. The zero-order valence-electron chi connectivity index (χ0n) is 11.5. The summed E-state index contributed by atoms with van der Waals surface area (Å²) in [6, 6.07) is 4.13. The number of hydrogen-bond acceptors (Lipinski definition) is 3. The number of halogens is 7. The number of aliphatic hydroxyl groups is 1. The minimum atomic E-state index is -6.25. The molecule has 1 atom stereocenters. The third-order valence-corrected chi connectivity index (χ3v) is 2.88. The summed E-state index contributed by atoms with van der Waals surface area (Å²) in [5.74, 6) is -1.00. The summed E-state index contributed by atoms with van der Waals surface area (Å²) in [5, 5.41) is 9.56. The summed E-state index contributed by atoms with van der Waals surface area (Å²) >= 11 is 0. The van der Waals surface area contributed by atoms with Crippen molar-refractivity contribution in [3.05, 3.63) is 29.8 Å². The van der Waals surface area contributed by atoms with Crippen LogP contribution in [-0.4, -0.2) is 29.1 Å². The SMILES string of the molecule is CC(=O)Oc1cccc(C(O)CC(F)(C(F)(F)F)C(F)(F)F)c1. The van der Waals surface area contributed by atoms with Crippen molar-refractivity contribution in [3.8, 4) is 5.75 Å². The van der Waals surface area contributed by atoms with E-state index in [1.54, 1.807) is 0 Å². The summed E-state index contributed by atoms with van der Waals surface area (Å²) < 4.78 is 92.9. The van der Waals surface area contributed by atoms with Crippen molar-refractivity contribution in [2.75, 3.05) is 0 Å². The van der Waals surface area contributed by atoms with Crippen molar-refractivity contribution in [2.24, 2.45) is 0 Å². The monoisotopic (exact) mass is 348 g/mol. The van der Waals surface area contributed by atoms with Crippen LogP contribution in [0.25, 0.3) is 0 Å². The Balaban J connectivity index is 3.09. The van der Waals surface area contributed by atoms with Crippen LogP contribution >= 0.6 is 0 Å². The van der Waals surface area contributed by atoms with E-state index < -0.39 is 42.1 Å². The number of esters is 1. The fraction of sp³-hybridized carbons (Fsp3) is 0.462. The van der Waals surface area contributed by atoms with Gasteiger partial charge in [0.15, 0.2) is 0 Å². The van der Waals surface area contributed by atoms with Gasteiger partial charge in [-0.1, -0.05) is 12.1 Å². The predicted octanol–water partition coefficient (Wildman–Crippen LogP) is 3.87. The van der Waals surface area contributed by atoms with Gasteiger partial charge in [0.1, 0.15) is 5.75 Å². The van der Waals surface area contributed by atoms with Crippen LogP contribution in [0.15, 0.2) is 24.3 Å². The van der Waals surface area contributed by atoms with Gasteiger partial charge in [-0.3, -0.25) is 4.79 Å². The zero-order chi connectivity index (χ0) is 18.1. The van der Waals surface area contributed by atoms with E-state index in [9.17, 15) is 40.6 Å². The predicted molar refractivity (Wildman–Crippen MR) is 63.3 cm³/mol. The van der Waals surface area contributed by atoms with E-state index in [1.165, 1.54) is 6.07 Å². The lowest BCUT2D eigenvalue weighted by molar-refractivity contribution is -0.347. The molecule has 3 nitrogen and oxygen atoms in total. The van der Waals surface area contributed by atoms with Crippen molar-refractivity contribution in [2.45, 2.75) is 37.5 Å². The summed E-state index contributed by atoms with van der Waals surface area (Å²) in [4.78, 5) is 10.7. The molecule has 0 aromatic heterocycles. The van der Waals surface area contributed by atoms with Gasteiger partial charge in [-0.05, 0) is 17.7 Å². The Kier molecular flexibility index (Phi) is 5.30. The van der Waals surface area contributed by atoms with Gasteiger partial charge in [0.2, 0.25) is 0 Å². The van der Waals surface area contributed by atoms with Gasteiger partial charge in [0, 0.05) is 13.3 Å². The molecule has 23 heavy (non-hydrogen) atoms. The molecule has 0 spiro atoms. The van der Waals surface area contributed by atoms with Crippen molar-refractivity contribution in [3.63, 3.8) is 0 Å². The van der Waals surface area contributed by atoms with Gasteiger partial charge in [-0.15, -0.1) is 0 Å². The van der Waals surface area contributed by atoms with E-state index in [-0.39, 0.29) is 5.75 Å². The van der Waals surface area contributed by atoms with Crippen LogP contribution in [0, 0.1) is 0 Å². The number of aliphatic hydroxyl groups excluding tert-OH is 1. The van der Waals surface area contributed by atoms with Crippen molar-refractivity contribution in [1.29, 1.82) is 0 Å². The second kappa shape index (κ2) is 6.34. The average Bonchev–Trinajstić information content (AvgIpc) is 2.35. The van der Waals surface area contributed by atoms with Gasteiger partial charge in [-0.2, -0.15) is 26.3 Å². The first-order valence-electron chi connectivity index (χ1n) is 6.07. The normalized spacial score (nSPS) is 14.5. The molecule has 0 bridgehead atoms. The first-order valence-corrected chi connectivity index (χ1v) is 6.07. The number of carbonyl (C=O) groups is 1. The number of benzene rings is 1. The summed E-state index contributed by atoms with van der Waals surface area (Å²) in [5.41, 5.74) is -6.03. The summed E-state index contributed by atoms with van der Waals surface area (Å²) in [7, 11) is 0. The maximum atomic E-state index is 13.6. The van der Waals surface area contributed by atoms with Gasteiger partial charge in [-0.25, -0.2) is 4.39 Å². The van der Waals surface area contributed by atoms with Crippen LogP contribution in [0.5, 0.6) is 5.75 Å². The lowest BCUT2D eigenvalue weighted by Gasteiger charge is -2.31. The molecule has 0 radical (unpaired) electrons.